The van der Waals surface area contributed by atoms with Crippen LogP contribution in [0.3, 0.4) is 0 Å². The molecule has 1 aliphatic heterocycles. The fraction of sp³-hybridized carbons (Fsp3) is 1.00. The number of hydrogen-bond donors (Lipinski definition) is 1. The standard InChI is InChI=1S/C11H22N2O2/c1-13-5-6-14-9(7-13)8-15-11-4-2-3-10(11)12/h9-11H,2-8,12H2,1H3. The summed E-state index contributed by atoms with van der Waals surface area (Å²) in [5, 5.41) is 0. The second-order valence-electron chi connectivity index (χ2n) is 4.72. The second-order valence-corrected chi connectivity index (χ2v) is 4.72. The lowest BCUT2D eigenvalue weighted by Crippen LogP contribution is -2.43. The average molecular weight is 214 g/mol. The molecule has 2 N–H and O–H groups in total. The first-order chi connectivity index (χ1) is 7.25. The zero-order chi connectivity index (χ0) is 10.7. The number of hydrogen-bond acceptors (Lipinski definition) is 4. The predicted octanol–water partition coefficient (Wildman–Crippen LogP) is 0.213. The third-order valence-electron chi connectivity index (χ3n) is 3.34. The third-order valence-corrected chi connectivity index (χ3v) is 3.34. The summed E-state index contributed by atoms with van der Waals surface area (Å²) in [6.45, 7) is 3.52. The van der Waals surface area contributed by atoms with Crippen molar-refractivity contribution in [3.63, 3.8) is 0 Å². The largest absolute Gasteiger partial charge is 0.374 e. The lowest BCUT2D eigenvalue weighted by Gasteiger charge is -2.31. The van der Waals surface area contributed by atoms with Gasteiger partial charge < -0.3 is 20.1 Å². The molecule has 1 saturated heterocycles. The molecule has 0 amide bonds. The highest BCUT2D eigenvalue weighted by Crippen LogP contribution is 2.20. The van der Waals surface area contributed by atoms with E-state index in [2.05, 4.69) is 11.9 Å². The van der Waals surface area contributed by atoms with Crippen molar-refractivity contribution in [2.75, 3.05) is 33.4 Å². The van der Waals surface area contributed by atoms with Gasteiger partial charge in [0, 0.05) is 19.1 Å². The Labute approximate surface area is 91.7 Å². The fourth-order valence-electron chi connectivity index (χ4n) is 2.36. The number of likely N-dealkylation sites (N-methyl/N-ethyl adjacent to an activating group) is 1. The van der Waals surface area contributed by atoms with Gasteiger partial charge in [-0.05, 0) is 26.3 Å². The van der Waals surface area contributed by atoms with Crippen LogP contribution in [0, 0.1) is 0 Å². The molecule has 0 bridgehead atoms. The summed E-state index contributed by atoms with van der Waals surface area (Å²) in [6.07, 6.45) is 3.93. The summed E-state index contributed by atoms with van der Waals surface area (Å²) in [7, 11) is 2.12. The van der Waals surface area contributed by atoms with Crippen LogP contribution in [-0.2, 0) is 9.47 Å². The maximum Gasteiger partial charge on any atom is 0.0935 e. The van der Waals surface area contributed by atoms with Gasteiger partial charge >= 0.3 is 0 Å². The molecule has 1 saturated carbocycles. The van der Waals surface area contributed by atoms with Crippen LogP contribution in [0.2, 0.25) is 0 Å². The first-order valence-corrected chi connectivity index (χ1v) is 5.93. The molecule has 2 fully saturated rings. The van der Waals surface area contributed by atoms with Crippen molar-refractivity contribution in [3.05, 3.63) is 0 Å². The third kappa shape index (κ3) is 3.14. The molecule has 0 radical (unpaired) electrons. The predicted molar refractivity (Wildman–Crippen MR) is 58.8 cm³/mol. The molecule has 3 unspecified atom stereocenters. The van der Waals surface area contributed by atoms with Crippen LogP contribution in [0.15, 0.2) is 0 Å². The van der Waals surface area contributed by atoms with E-state index >= 15 is 0 Å². The van der Waals surface area contributed by atoms with E-state index in [1.54, 1.807) is 0 Å². The van der Waals surface area contributed by atoms with E-state index in [4.69, 9.17) is 15.2 Å². The van der Waals surface area contributed by atoms with Crippen LogP contribution in [0.1, 0.15) is 19.3 Å². The zero-order valence-electron chi connectivity index (χ0n) is 9.52. The molecule has 0 spiro atoms. The average Bonchev–Trinajstić information content (AvgIpc) is 2.61. The maximum absolute atomic E-state index is 5.95. The van der Waals surface area contributed by atoms with E-state index in [0.29, 0.717) is 6.61 Å². The van der Waals surface area contributed by atoms with Gasteiger partial charge in [-0.3, -0.25) is 0 Å². The van der Waals surface area contributed by atoms with Gasteiger partial charge in [0.1, 0.15) is 0 Å². The number of morpholine rings is 1. The molecular formula is C11H22N2O2. The van der Waals surface area contributed by atoms with E-state index in [0.717, 1.165) is 32.5 Å². The van der Waals surface area contributed by atoms with E-state index in [1.165, 1.54) is 6.42 Å². The Morgan fingerprint density at radius 2 is 2.33 bits per heavy atom. The van der Waals surface area contributed by atoms with Gasteiger partial charge in [-0.1, -0.05) is 0 Å². The van der Waals surface area contributed by atoms with Crippen molar-refractivity contribution >= 4 is 0 Å². The molecule has 1 aliphatic carbocycles. The monoisotopic (exact) mass is 214 g/mol. The Hall–Kier alpha value is -0.160. The van der Waals surface area contributed by atoms with Gasteiger partial charge in [-0.2, -0.15) is 0 Å². The van der Waals surface area contributed by atoms with E-state index < -0.39 is 0 Å². The highest BCUT2D eigenvalue weighted by Gasteiger charge is 2.26. The van der Waals surface area contributed by atoms with Crippen molar-refractivity contribution in [1.82, 2.24) is 4.90 Å². The van der Waals surface area contributed by atoms with E-state index in [1.807, 2.05) is 0 Å². The minimum Gasteiger partial charge on any atom is -0.374 e. The highest BCUT2D eigenvalue weighted by molar-refractivity contribution is 4.81. The Morgan fingerprint density at radius 3 is 3.00 bits per heavy atom. The van der Waals surface area contributed by atoms with Crippen LogP contribution in [0.5, 0.6) is 0 Å². The number of nitrogens with two attached hydrogens (primary N) is 1. The molecule has 0 aromatic carbocycles. The summed E-state index contributed by atoms with van der Waals surface area (Å²) >= 11 is 0. The van der Waals surface area contributed by atoms with Crippen LogP contribution >= 0.6 is 0 Å². The SMILES string of the molecule is CN1CCOC(COC2CCCC2N)C1. The van der Waals surface area contributed by atoms with Gasteiger partial charge in [0.2, 0.25) is 0 Å². The van der Waals surface area contributed by atoms with Gasteiger partial charge in [0.15, 0.2) is 0 Å². The molecule has 2 rings (SSSR count). The lowest BCUT2D eigenvalue weighted by atomic mass is 10.2. The van der Waals surface area contributed by atoms with Crippen molar-refractivity contribution in [2.45, 2.75) is 37.5 Å². The van der Waals surface area contributed by atoms with Gasteiger partial charge in [-0.15, -0.1) is 0 Å². The maximum atomic E-state index is 5.95. The molecule has 4 nitrogen and oxygen atoms in total. The molecule has 15 heavy (non-hydrogen) atoms. The fourth-order valence-corrected chi connectivity index (χ4v) is 2.36. The number of ether oxygens (including phenoxy) is 2. The molecule has 88 valence electrons. The minimum absolute atomic E-state index is 0.233. The summed E-state index contributed by atoms with van der Waals surface area (Å²) in [4.78, 5) is 2.28. The van der Waals surface area contributed by atoms with Gasteiger partial charge in [0.25, 0.3) is 0 Å². The van der Waals surface area contributed by atoms with E-state index in [9.17, 15) is 0 Å². The second kappa shape index (κ2) is 5.25. The molecule has 0 aromatic heterocycles. The summed E-state index contributed by atoms with van der Waals surface area (Å²) in [5.41, 5.74) is 5.95. The van der Waals surface area contributed by atoms with Crippen molar-refractivity contribution in [3.8, 4) is 0 Å². The Bertz CT molecular complexity index is 201. The van der Waals surface area contributed by atoms with Crippen LogP contribution in [0.25, 0.3) is 0 Å². The van der Waals surface area contributed by atoms with Gasteiger partial charge in [-0.25, -0.2) is 0 Å². The summed E-state index contributed by atoms with van der Waals surface area (Å²) < 4.78 is 11.5. The van der Waals surface area contributed by atoms with Crippen molar-refractivity contribution in [2.24, 2.45) is 5.73 Å². The first-order valence-electron chi connectivity index (χ1n) is 5.93. The zero-order valence-corrected chi connectivity index (χ0v) is 9.52. The molecule has 2 aliphatic rings. The van der Waals surface area contributed by atoms with Crippen LogP contribution < -0.4 is 5.73 Å². The Morgan fingerprint density at radius 1 is 1.47 bits per heavy atom. The lowest BCUT2D eigenvalue weighted by molar-refractivity contribution is -0.0811. The van der Waals surface area contributed by atoms with Crippen molar-refractivity contribution < 1.29 is 9.47 Å². The quantitative estimate of drug-likeness (QED) is 0.730. The number of rotatable bonds is 3. The molecule has 1 heterocycles. The molecule has 3 atom stereocenters. The minimum atomic E-state index is 0.233. The molecular weight excluding hydrogens is 192 g/mol. The topological polar surface area (TPSA) is 47.7 Å². The van der Waals surface area contributed by atoms with Crippen LogP contribution in [0.4, 0.5) is 0 Å². The van der Waals surface area contributed by atoms with Gasteiger partial charge in [0.05, 0.1) is 25.4 Å². The Kier molecular flexibility index (Phi) is 3.97. The smallest absolute Gasteiger partial charge is 0.0935 e. The molecule has 0 aromatic rings. The first kappa shape index (κ1) is 11.3. The summed E-state index contributed by atoms with van der Waals surface area (Å²) in [5.74, 6) is 0. The van der Waals surface area contributed by atoms with Crippen LogP contribution in [-0.4, -0.2) is 56.5 Å². The normalized spacial score (nSPS) is 38.4. The molecule has 4 heteroatoms. The Balaban J connectivity index is 1.68. The van der Waals surface area contributed by atoms with Crippen molar-refractivity contribution in [1.29, 1.82) is 0 Å². The number of nitrogens with zero attached hydrogens (tertiary/aromatic N) is 1. The highest BCUT2D eigenvalue weighted by atomic mass is 16.5. The summed E-state index contributed by atoms with van der Waals surface area (Å²) in [6, 6.07) is 0.242. The van der Waals surface area contributed by atoms with E-state index in [-0.39, 0.29) is 18.2 Å².